The molecule has 0 amide bonds. The molecule has 4 N–H and O–H groups in total. The molecular weight excluding hydrogens is 204 g/mol. The Balaban J connectivity index is 1.99. The number of para-hydroxylation sites is 2. The Morgan fingerprint density at radius 2 is 1.88 bits per heavy atom. The number of nitrogens with two attached hydrogens (primary N) is 1. The van der Waals surface area contributed by atoms with Crippen LogP contribution in [-0.4, -0.2) is 5.11 Å². The van der Waals surface area contributed by atoms with E-state index in [0.29, 0.717) is 18.8 Å². The molecule has 1 heterocycles. The summed E-state index contributed by atoms with van der Waals surface area (Å²) in [5.74, 6) is 1.78. The average Bonchev–Trinajstić information content (AvgIpc) is 2.76. The Labute approximate surface area is 93.7 Å². The van der Waals surface area contributed by atoms with Crippen molar-refractivity contribution >= 4 is 5.69 Å². The van der Waals surface area contributed by atoms with Crippen molar-refractivity contribution in [3.05, 3.63) is 47.9 Å². The van der Waals surface area contributed by atoms with E-state index in [1.165, 1.54) is 0 Å². The van der Waals surface area contributed by atoms with Gasteiger partial charge in [0.15, 0.2) is 0 Å². The maximum absolute atomic E-state index is 9.53. The molecule has 0 aliphatic carbocycles. The lowest BCUT2D eigenvalue weighted by Gasteiger charge is -2.05. The van der Waals surface area contributed by atoms with Crippen LogP contribution in [0, 0.1) is 0 Å². The minimum atomic E-state index is 0.230. The van der Waals surface area contributed by atoms with Crippen LogP contribution in [0.3, 0.4) is 0 Å². The van der Waals surface area contributed by atoms with Gasteiger partial charge in [0.05, 0.1) is 18.8 Å². The summed E-state index contributed by atoms with van der Waals surface area (Å²) in [6.45, 7) is 0.925. The van der Waals surface area contributed by atoms with E-state index < -0.39 is 0 Å². The highest BCUT2D eigenvalue weighted by Gasteiger charge is 2.02. The number of rotatable bonds is 4. The first kappa shape index (κ1) is 10.6. The monoisotopic (exact) mass is 218 g/mol. The second-order valence-electron chi connectivity index (χ2n) is 3.44. The SMILES string of the molecule is NCc1ccc(CNc2ccccc2O)o1. The van der Waals surface area contributed by atoms with Crippen LogP contribution in [0.25, 0.3) is 0 Å². The van der Waals surface area contributed by atoms with Crippen LogP contribution in [0.15, 0.2) is 40.8 Å². The Morgan fingerprint density at radius 1 is 1.12 bits per heavy atom. The van der Waals surface area contributed by atoms with E-state index in [-0.39, 0.29) is 5.75 Å². The van der Waals surface area contributed by atoms with Crippen LogP contribution >= 0.6 is 0 Å². The third-order valence-corrected chi connectivity index (χ3v) is 2.28. The summed E-state index contributed by atoms with van der Waals surface area (Å²) in [5.41, 5.74) is 6.13. The molecule has 1 aromatic heterocycles. The maximum Gasteiger partial charge on any atom is 0.138 e. The second kappa shape index (κ2) is 4.72. The van der Waals surface area contributed by atoms with Gasteiger partial charge in [-0.1, -0.05) is 12.1 Å². The summed E-state index contributed by atoms with van der Waals surface area (Å²) in [6.07, 6.45) is 0. The van der Waals surface area contributed by atoms with Gasteiger partial charge in [0.25, 0.3) is 0 Å². The highest BCUT2D eigenvalue weighted by atomic mass is 16.3. The highest BCUT2D eigenvalue weighted by Crippen LogP contribution is 2.22. The largest absolute Gasteiger partial charge is 0.506 e. The van der Waals surface area contributed by atoms with Crippen molar-refractivity contribution in [3.63, 3.8) is 0 Å². The molecule has 0 bridgehead atoms. The third kappa shape index (κ3) is 2.35. The average molecular weight is 218 g/mol. The molecule has 1 aromatic carbocycles. The molecule has 0 radical (unpaired) electrons. The zero-order chi connectivity index (χ0) is 11.4. The number of hydrogen-bond acceptors (Lipinski definition) is 4. The molecule has 4 heteroatoms. The van der Waals surface area contributed by atoms with Gasteiger partial charge in [0, 0.05) is 0 Å². The Morgan fingerprint density at radius 3 is 2.56 bits per heavy atom. The van der Waals surface area contributed by atoms with Gasteiger partial charge in [-0.3, -0.25) is 0 Å². The summed E-state index contributed by atoms with van der Waals surface area (Å²) >= 11 is 0. The molecule has 0 spiro atoms. The molecule has 0 unspecified atom stereocenters. The normalized spacial score (nSPS) is 10.3. The van der Waals surface area contributed by atoms with Crippen LogP contribution in [0.1, 0.15) is 11.5 Å². The molecule has 84 valence electrons. The number of furan rings is 1. The van der Waals surface area contributed by atoms with Gasteiger partial charge in [0.1, 0.15) is 17.3 Å². The van der Waals surface area contributed by atoms with Crippen LogP contribution in [0.2, 0.25) is 0 Å². The predicted octanol–water partition coefficient (Wildman–Crippen LogP) is 2.06. The van der Waals surface area contributed by atoms with E-state index in [1.54, 1.807) is 12.1 Å². The number of nitrogens with one attached hydrogen (secondary N) is 1. The molecule has 4 nitrogen and oxygen atoms in total. The summed E-state index contributed by atoms with van der Waals surface area (Å²) in [7, 11) is 0. The Bertz CT molecular complexity index is 466. The number of aromatic hydroxyl groups is 1. The fraction of sp³-hybridized carbons (Fsp3) is 0.167. The topological polar surface area (TPSA) is 71.4 Å². The molecule has 0 aliphatic rings. The zero-order valence-electron chi connectivity index (χ0n) is 8.81. The molecule has 0 saturated heterocycles. The summed E-state index contributed by atoms with van der Waals surface area (Å²) in [6, 6.07) is 10.8. The first-order chi connectivity index (χ1) is 7.79. The highest BCUT2D eigenvalue weighted by molar-refractivity contribution is 5.55. The number of hydrogen-bond donors (Lipinski definition) is 3. The number of anilines is 1. The molecular formula is C12H14N2O2. The first-order valence-electron chi connectivity index (χ1n) is 5.09. The second-order valence-corrected chi connectivity index (χ2v) is 3.44. The minimum Gasteiger partial charge on any atom is -0.506 e. The number of phenolic OH excluding ortho intramolecular Hbond substituents is 1. The lowest BCUT2D eigenvalue weighted by atomic mass is 10.3. The van der Waals surface area contributed by atoms with Gasteiger partial charge >= 0.3 is 0 Å². The molecule has 0 fully saturated rings. The lowest BCUT2D eigenvalue weighted by Crippen LogP contribution is -1.98. The minimum absolute atomic E-state index is 0.230. The first-order valence-corrected chi connectivity index (χ1v) is 5.09. The van der Waals surface area contributed by atoms with Gasteiger partial charge in [-0.25, -0.2) is 0 Å². The van der Waals surface area contributed by atoms with E-state index in [0.717, 1.165) is 11.5 Å². The van der Waals surface area contributed by atoms with Crippen molar-refractivity contribution in [1.82, 2.24) is 0 Å². The van der Waals surface area contributed by atoms with Crippen molar-refractivity contribution in [3.8, 4) is 5.75 Å². The van der Waals surface area contributed by atoms with E-state index in [4.69, 9.17) is 10.2 Å². The van der Waals surface area contributed by atoms with Crippen molar-refractivity contribution in [2.45, 2.75) is 13.1 Å². The fourth-order valence-corrected chi connectivity index (χ4v) is 1.43. The fourth-order valence-electron chi connectivity index (χ4n) is 1.43. The number of phenols is 1. The Hall–Kier alpha value is -1.94. The molecule has 2 rings (SSSR count). The zero-order valence-corrected chi connectivity index (χ0v) is 8.81. The van der Waals surface area contributed by atoms with Crippen LogP contribution in [0.4, 0.5) is 5.69 Å². The molecule has 0 saturated carbocycles. The summed E-state index contributed by atoms with van der Waals surface area (Å²) in [5, 5.41) is 12.6. The lowest BCUT2D eigenvalue weighted by molar-refractivity contribution is 0.468. The smallest absolute Gasteiger partial charge is 0.138 e. The maximum atomic E-state index is 9.53. The quantitative estimate of drug-likeness (QED) is 0.687. The van der Waals surface area contributed by atoms with Crippen molar-refractivity contribution < 1.29 is 9.52 Å². The van der Waals surface area contributed by atoms with Crippen LogP contribution in [-0.2, 0) is 13.1 Å². The van der Waals surface area contributed by atoms with Gasteiger partial charge in [-0.15, -0.1) is 0 Å². The molecule has 16 heavy (non-hydrogen) atoms. The van der Waals surface area contributed by atoms with E-state index >= 15 is 0 Å². The van der Waals surface area contributed by atoms with Crippen LogP contribution < -0.4 is 11.1 Å². The Kier molecular flexibility index (Phi) is 3.12. The van der Waals surface area contributed by atoms with Crippen molar-refractivity contribution in [1.29, 1.82) is 0 Å². The van der Waals surface area contributed by atoms with Crippen LogP contribution in [0.5, 0.6) is 5.75 Å². The van der Waals surface area contributed by atoms with E-state index in [1.807, 2.05) is 24.3 Å². The molecule has 0 atom stereocenters. The summed E-state index contributed by atoms with van der Waals surface area (Å²) < 4.78 is 5.43. The van der Waals surface area contributed by atoms with Gasteiger partial charge in [-0.05, 0) is 24.3 Å². The third-order valence-electron chi connectivity index (χ3n) is 2.28. The predicted molar refractivity (Wildman–Crippen MR) is 62.0 cm³/mol. The van der Waals surface area contributed by atoms with Gasteiger partial charge in [0.2, 0.25) is 0 Å². The molecule has 2 aromatic rings. The van der Waals surface area contributed by atoms with Crippen molar-refractivity contribution in [2.75, 3.05) is 5.32 Å². The summed E-state index contributed by atoms with van der Waals surface area (Å²) in [4.78, 5) is 0. The van der Waals surface area contributed by atoms with E-state index in [2.05, 4.69) is 5.32 Å². The van der Waals surface area contributed by atoms with E-state index in [9.17, 15) is 5.11 Å². The van der Waals surface area contributed by atoms with Gasteiger partial charge in [-0.2, -0.15) is 0 Å². The number of benzene rings is 1. The van der Waals surface area contributed by atoms with Crippen molar-refractivity contribution in [2.24, 2.45) is 5.73 Å². The molecule has 0 aliphatic heterocycles. The standard InChI is InChI=1S/C12H14N2O2/c13-7-9-5-6-10(16-9)8-14-11-3-1-2-4-12(11)15/h1-6,14-15H,7-8,13H2. The van der Waals surface area contributed by atoms with Gasteiger partial charge < -0.3 is 20.6 Å².